The molecule has 1 aromatic heterocycles. The van der Waals surface area contributed by atoms with Crippen LogP contribution in [0.1, 0.15) is 39.4 Å². The summed E-state index contributed by atoms with van der Waals surface area (Å²) < 4.78 is 0. The molecule has 1 rings (SSSR count). The molecule has 0 bridgehead atoms. The van der Waals surface area contributed by atoms with E-state index >= 15 is 0 Å². The number of nitrogens with two attached hydrogens (primary N) is 1. The van der Waals surface area contributed by atoms with E-state index in [0.29, 0.717) is 0 Å². The van der Waals surface area contributed by atoms with Gasteiger partial charge in [0.1, 0.15) is 0 Å². The van der Waals surface area contributed by atoms with Crippen molar-refractivity contribution in [1.29, 1.82) is 0 Å². The molecule has 110 valence electrons. The van der Waals surface area contributed by atoms with Crippen LogP contribution < -0.4 is 11.1 Å². The van der Waals surface area contributed by atoms with E-state index in [1.165, 1.54) is 0 Å². The molecule has 0 saturated heterocycles. The lowest BCUT2D eigenvalue weighted by atomic mass is 9.87. The number of rotatable bonds is 3. The van der Waals surface area contributed by atoms with Crippen LogP contribution in [0.15, 0.2) is 24.4 Å². The molecule has 0 saturated carbocycles. The number of pyridine rings is 1. The van der Waals surface area contributed by atoms with E-state index in [1.54, 1.807) is 6.20 Å². The summed E-state index contributed by atoms with van der Waals surface area (Å²) in [5.74, 6) is -0.143. The molecule has 0 aliphatic heterocycles. The standard InChI is InChI=1S/C13H21N3O.2ClH/c1-9(10-7-5-6-8-15-10)16-12(17)11(14)13(2,3)4;;/h5-9,11H,14H2,1-4H3,(H,16,17);2*1H/t9?,11-;;/m1../s1. The molecule has 2 atom stereocenters. The smallest absolute Gasteiger partial charge is 0.237 e. The van der Waals surface area contributed by atoms with E-state index in [1.807, 2.05) is 45.9 Å². The average Bonchev–Trinajstić information content (AvgIpc) is 2.27. The number of nitrogens with one attached hydrogen (secondary N) is 1. The summed E-state index contributed by atoms with van der Waals surface area (Å²) >= 11 is 0. The first-order valence-corrected chi connectivity index (χ1v) is 5.79. The zero-order valence-electron chi connectivity index (χ0n) is 11.7. The molecule has 6 heteroatoms. The van der Waals surface area contributed by atoms with Crippen LogP contribution in [0.2, 0.25) is 0 Å². The van der Waals surface area contributed by atoms with Gasteiger partial charge >= 0.3 is 0 Å². The highest BCUT2D eigenvalue weighted by Gasteiger charge is 2.28. The first-order chi connectivity index (χ1) is 7.82. The van der Waals surface area contributed by atoms with Crippen LogP contribution in [-0.2, 0) is 4.79 Å². The van der Waals surface area contributed by atoms with Gasteiger partial charge in [-0.05, 0) is 24.5 Å². The van der Waals surface area contributed by atoms with E-state index in [4.69, 9.17) is 5.73 Å². The lowest BCUT2D eigenvalue weighted by molar-refractivity contribution is -0.125. The summed E-state index contributed by atoms with van der Waals surface area (Å²) in [6, 6.07) is 4.98. The number of halogens is 2. The Morgan fingerprint density at radius 3 is 2.32 bits per heavy atom. The van der Waals surface area contributed by atoms with Crippen LogP contribution in [-0.4, -0.2) is 16.9 Å². The summed E-state index contributed by atoms with van der Waals surface area (Å²) in [4.78, 5) is 16.1. The molecule has 0 aliphatic rings. The minimum Gasteiger partial charge on any atom is -0.347 e. The van der Waals surface area contributed by atoms with Gasteiger partial charge in [0.25, 0.3) is 0 Å². The summed E-state index contributed by atoms with van der Waals surface area (Å²) in [6.45, 7) is 7.74. The molecule has 3 N–H and O–H groups in total. The van der Waals surface area contributed by atoms with Gasteiger partial charge in [-0.1, -0.05) is 26.8 Å². The van der Waals surface area contributed by atoms with Crippen molar-refractivity contribution in [3.05, 3.63) is 30.1 Å². The second-order valence-corrected chi connectivity index (χ2v) is 5.33. The van der Waals surface area contributed by atoms with Gasteiger partial charge in [0.2, 0.25) is 5.91 Å². The predicted molar refractivity (Wildman–Crippen MR) is 82.7 cm³/mol. The molecule has 4 nitrogen and oxygen atoms in total. The third-order valence-electron chi connectivity index (χ3n) is 2.71. The van der Waals surface area contributed by atoms with Gasteiger partial charge in [0.15, 0.2) is 0 Å². The highest BCUT2D eigenvalue weighted by atomic mass is 35.5. The minimum absolute atomic E-state index is 0. The highest BCUT2D eigenvalue weighted by molar-refractivity contribution is 5.85. The highest BCUT2D eigenvalue weighted by Crippen LogP contribution is 2.18. The molecule has 1 amide bonds. The fourth-order valence-corrected chi connectivity index (χ4v) is 1.40. The first-order valence-electron chi connectivity index (χ1n) is 5.79. The molecule has 1 unspecified atom stereocenters. The van der Waals surface area contributed by atoms with Crippen LogP contribution in [0.3, 0.4) is 0 Å². The van der Waals surface area contributed by atoms with Crippen molar-refractivity contribution in [2.24, 2.45) is 11.1 Å². The van der Waals surface area contributed by atoms with E-state index < -0.39 is 6.04 Å². The summed E-state index contributed by atoms with van der Waals surface area (Å²) in [6.07, 6.45) is 1.71. The maximum absolute atomic E-state index is 11.9. The molecular formula is C13H23Cl2N3O. The third kappa shape index (κ3) is 6.23. The zero-order valence-corrected chi connectivity index (χ0v) is 13.3. The van der Waals surface area contributed by atoms with Gasteiger partial charge in [-0.25, -0.2) is 0 Å². The second-order valence-electron chi connectivity index (χ2n) is 5.33. The van der Waals surface area contributed by atoms with E-state index in [2.05, 4.69) is 10.3 Å². The molecule has 1 aromatic rings. The Balaban J connectivity index is 0. The normalized spacial score (nSPS) is 13.5. The molecular weight excluding hydrogens is 285 g/mol. The van der Waals surface area contributed by atoms with Crippen molar-refractivity contribution >= 4 is 30.7 Å². The monoisotopic (exact) mass is 307 g/mol. The number of nitrogens with zero attached hydrogens (tertiary/aromatic N) is 1. The van der Waals surface area contributed by atoms with Gasteiger partial charge in [0.05, 0.1) is 17.8 Å². The zero-order chi connectivity index (χ0) is 13.1. The van der Waals surface area contributed by atoms with Crippen molar-refractivity contribution in [1.82, 2.24) is 10.3 Å². The van der Waals surface area contributed by atoms with Crippen LogP contribution in [0.4, 0.5) is 0 Å². The predicted octanol–water partition coefficient (Wildman–Crippen LogP) is 2.48. The number of hydrogen-bond acceptors (Lipinski definition) is 3. The molecule has 0 aromatic carbocycles. The first kappa shape index (κ1) is 20.5. The Kier molecular flexibility index (Phi) is 9.00. The van der Waals surface area contributed by atoms with E-state index in [0.717, 1.165) is 5.69 Å². The number of carbonyl (C=O) groups is 1. The number of amides is 1. The lowest BCUT2D eigenvalue weighted by Gasteiger charge is -2.27. The van der Waals surface area contributed by atoms with Crippen LogP contribution in [0, 0.1) is 5.41 Å². The number of hydrogen-bond donors (Lipinski definition) is 2. The maximum atomic E-state index is 11.9. The Labute approximate surface area is 127 Å². The van der Waals surface area contributed by atoms with Crippen molar-refractivity contribution in [3.63, 3.8) is 0 Å². The molecule has 0 fully saturated rings. The Hall–Kier alpha value is -0.840. The topological polar surface area (TPSA) is 68.0 Å². The Bertz CT molecular complexity index is 379. The van der Waals surface area contributed by atoms with Gasteiger partial charge < -0.3 is 11.1 Å². The Morgan fingerprint density at radius 2 is 1.89 bits per heavy atom. The number of carbonyl (C=O) groups excluding carboxylic acids is 1. The molecule has 0 aliphatic carbocycles. The van der Waals surface area contributed by atoms with Gasteiger partial charge in [-0.3, -0.25) is 9.78 Å². The largest absolute Gasteiger partial charge is 0.347 e. The summed E-state index contributed by atoms with van der Waals surface area (Å²) in [7, 11) is 0. The fourth-order valence-electron chi connectivity index (χ4n) is 1.40. The molecule has 0 radical (unpaired) electrons. The molecule has 19 heavy (non-hydrogen) atoms. The van der Waals surface area contributed by atoms with Gasteiger partial charge in [-0.2, -0.15) is 0 Å². The van der Waals surface area contributed by atoms with E-state index in [9.17, 15) is 4.79 Å². The SMILES string of the molecule is CC(NC(=O)[C@@H](N)C(C)(C)C)c1ccccn1.Cl.Cl. The number of aromatic nitrogens is 1. The lowest BCUT2D eigenvalue weighted by Crippen LogP contribution is -2.49. The van der Waals surface area contributed by atoms with Crippen LogP contribution in [0.25, 0.3) is 0 Å². The third-order valence-corrected chi connectivity index (χ3v) is 2.71. The average molecular weight is 308 g/mol. The van der Waals surface area contributed by atoms with E-state index in [-0.39, 0.29) is 42.2 Å². The maximum Gasteiger partial charge on any atom is 0.237 e. The fraction of sp³-hybridized carbons (Fsp3) is 0.538. The van der Waals surface area contributed by atoms with Crippen molar-refractivity contribution in [3.8, 4) is 0 Å². The van der Waals surface area contributed by atoms with Crippen LogP contribution in [0.5, 0.6) is 0 Å². The van der Waals surface area contributed by atoms with Crippen molar-refractivity contribution in [2.45, 2.75) is 39.8 Å². The summed E-state index contributed by atoms with van der Waals surface area (Å²) in [5, 5.41) is 2.88. The van der Waals surface area contributed by atoms with Crippen molar-refractivity contribution < 1.29 is 4.79 Å². The summed E-state index contributed by atoms with van der Waals surface area (Å²) in [5.41, 5.74) is 6.48. The van der Waals surface area contributed by atoms with Gasteiger partial charge in [-0.15, -0.1) is 24.8 Å². The minimum atomic E-state index is -0.520. The van der Waals surface area contributed by atoms with Crippen LogP contribution >= 0.6 is 24.8 Å². The second kappa shape index (κ2) is 8.35. The Morgan fingerprint density at radius 1 is 1.32 bits per heavy atom. The molecule has 1 heterocycles. The van der Waals surface area contributed by atoms with Crippen molar-refractivity contribution in [2.75, 3.05) is 0 Å². The molecule has 0 spiro atoms. The van der Waals surface area contributed by atoms with Gasteiger partial charge in [0, 0.05) is 6.20 Å². The quantitative estimate of drug-likeness (QED) is 0.901.